The van der Waals surface area contributed by atoms with Crippen LogP contribution in [0.4, 0.5) is 0 Å². The molecule has 53 heavy (non-hydrogen) atoms. The molecule has 0 aromatic carbocycles. The number of nitrogens with zero attached hydrogens (tertiary/aromatic N) is 2. The maximum Gasteiger partial charge on any atom is 0.256 e. The van der Waals surface area contributed by atoms with Gasteiger partial charge in [-0.25, -0.2) is 9.13 Å². The summed E-state index contributed by atoms with van der Waals surface area (Å²) in [6, 6.07) is 0. The van der Waals surface area contributed by atoms with E-state index in [-0.39, 0.29) is 0 Å². The molecule has 0 bridgehead atoms. The molecule has 1 heterocycles. The summed E-state index contributed by atoms with van der Waals surface area (Å²) in [6.45, 7) is 9.42. The highest BCUT2D eigenvalue weighted by Gasteiger charge is 2.16. The fourth-order valence-electron chi connectivity index (χ4n) is 8.62. The maximum atomic E-state index is 2.66. The van der Waals surface area contributed by atoms with Crippen molar-refractivity contribution in [2.75, 3.05) is 0 Å². The third-order valence-corrected chi connectivity index (χ3v) is 12.3. The number of rotatable bonds is 45. The molecule has 0 spiro atoms. The fourth-order valence-corrected chi connectivity index (χ4v) is 8.62. The normalized spacial score (nSPS) is 11.7. The number of hydrogen-bond acceptors (Lipinski definition) is 0. The maximum absolute atomic E-state index is 2.66. The van der Waals surface area contributed by atoms with Gasteiger partial charge in [-0.1, -0.05) is 258 Å². The van der Waals surface area contributed by atoms with Gasteiger partial charge in [-0.15, -0.1) is 0 Å². The lowest BCUT2D eigenvalue weighted by atomic mass is 10.0. The summed E-state index contributed by atoms with van der Waals surface area (Å²) < 4.78 is 5.32. The molecule has 0 fully saturated rings. The molecule has 314 valence electrons. The summed E-state index contributed by atoms with van der Waals surface area (Å²) in [5.41, 5.74) is 0. The topological polar surface area (TPSA) is 8.81 Å². The van der Waals surface area contributed by atoms with Gasteiger partial charge >= 0.3 is 0 Å². The van der Waals surface area contributed by atoms with Crippen molar-refractivity contribution in [3.63, 3.8) is 0 Å². The molecule has 0 N–H and O–H groups in total. The van der Waals surface area contributed by atoms with E-state index in [2.05, 4.69) is 42.3 Å². The number of imidazole rings is 1. The van der Waals surface area contributed by atoms with Crippen LogP contribution in [0.5, 0.6) is 0 Å². The van der Waals surface area contributed by atoms with Gasteiger partial charge in [-0.2, -0.15) is 0 Å². The average molecular weight is 742 g/mol. The van der Waals surface area contributed by atoms with Crippen LogP contribution in [-0.4, -0.2) is 4.57 Å². The third kappa shape index (κ3) is 34.2. The third-order valence-electron chi connectivity index (χ3n) is 12.3. The van der Waals surface area contributed by atoms with E-state index in [0.29, 0.717) is 0 Å². The molecule has 0 atom stereocenters. The van der Waals surface area contributed by atoms with Crippen LogP contribution >= 0.6 is 0 Å². The molecule has 0 saturated heterocycles. The van der Waals surface area contributed by atoms with E-state index in [1.165, 1.54) is 289 Å². The van der Waals surface area contributed by atoms with Gasteiger partial charge < -0.3 is 0 Å². The Morgan fingerprint density at radius 2 is 0.585 bits per heavy atom. The van der Waals surface area contributed by atoms with Crippen LogP contribution in [0.1, 0.15) is 296 Å². The fraction of sp³-hybridized carbons (Fsp3) is 0.941. The Balaban J connectivity index is 2.24. The summed E-state index contributed by atoms with van der Waals surface area (Å²) in [4.78, 5) is 0. The predicted octanol–water partition coefficient (Wildman–Crippen LogP) is 17.8. The molecule has 0 aliphatic rings. The average Bonchev–Trinajstić information content (AvgIpc) is 3.55. The van der Waals surface area contributed by atoms with Gasteiger partial charge in [0.25, 0.3) is 5.82 Å². The molecule has 0 saturated carbocycles. The van der Waals surface area contributed by atoms with Gasteiger partial charge in [-0.3, -0.25) is 0 Å². The first kappa shape index (κ1) is 50.2. The zero-order valence-corrected chi connectivity index (χ0v) is 37.4. The van der Waals surface area contributed by atoms with E-state index in [9.17, 15) is 0 Å². The van der Waals surface area contributed by atoms with Gasteiger partial charge in [0, 0.05) is 6.42 Å². The zero-order valence-electron chi connectivity index (χ0n) is 37.4. The molecule has 2 heteroatoms. The molecule has 0 aliphatic carbocycles. The first-order chi connectivity index (χ1) is 26.3. The molecule has 0 amide bonds. The van der Waals surface area contributed by atoms with Crippen molar-refractivity contribution in [3.05, 3.63) is 18.2 Å². The summed E-state index contributed by atoms with van der Waals surface area (Å²) in [5, 5.41) is 0. The molecule has 0 aliphatic heterocycles. The number of unbranched alkanes of at least 4 members (excludes halogenated alkanes) is 39. The van der Waals surface area contributed by atoms with Gasteiger partial charge in [0.15, 0.2) is 0 Å². The lowest BCUT2D eigenvalue weighted by Gasteiger charge is -2.07. The van der Waals surface area contributed by atoms with E-state index >= 15 is 0 Å². The predicted molar refractivity (Wildman–Crippen MR) is 239 cm³/mol. The molecule has 0 unspecified atom stereocenters. The van der Waals surface area contributed by atoms with Gasteiger partial charge in [0.2, 0.25) is 0 Å². The van der Waals surface area contributed by atoms with Crippen molar-refractivity contribution in [1.82, 2.24) is 4.57 Å². The summed E-state index contributed by atoms with van der Waals surface area (Å²) in [6.07, 6.45) is 66.8. The van der Waals surface area contributed by atoms with Gasteiger partial charge in [-0.05, 0) is 32.1 Å². The largest absolute Gasteiger partial charge is 0.256 e. The lowest BCUT2D eigenvalue weighted by Crippen LogP contribution is -2.37. The molecule has 1 aromatic heterocycles. The monoisotopic (exact) mass is 742 g/mol. The van der Waals surface area contributed by atoms with Crippen LogP contribution in [-0.2, 0) is 19.5 Å². The smallest absolute Gasteiger partial charge is 0.234 e. The van der Waals surface area contributed by atoms with Crippen molar-refractivity contribution in [2.45, 2.75) is 310 Å². The van der Waals surface area contributed by atoms with E-state index in [0.717, 1.165) is 0 Å². The SMILES string of the molecule is CCCCCCCCCCCCCCCCCC[n+]1ccn(CCCCCCCCCCCCC)c1CCCCCCCCCCCCCCCCC. The highest BCUT2D eigenvalue weighted by molar-refractivity contribution is 4.84. The number of aromatic nitrogens is 2. The summed E-state index contributed by atoms with van der Waals surface area (Å²) in [7, 11) is 0. The Labute approximate surface area is 336 Å². The molecule has 1 rings (SSSR count). The second kappa shape index (κ2) is 42.4. The molecule has 0 radical (unpaired) electrons. The van der Waals surface area contributed by atoms with Crippen molar-refractivity contribution in [3.8, 4) is 0 Å². The van der Waals surface area contributed by atoms with Crippen molar-refractivity contribution in [1.29, 1.82) is 0 Å². The summed E-state index contributed by atoms with van der Waals surface area (Å²) >= 11 is 0. The highest BCUT2D eigenvalue weighted by Crippen LogP contribution is 2.17. The van der Waals surface area contributed by atoms with Crippen LogP contribution in [0.3, 0.4) is 0 Å². The zero-order chi connectivity index (χ0) is 38.0. The van der Waals surface area contributed by atoms with Crippen LogP contribution in [0, 0.1) is 0 Å². The number of hydrogen-bond donors (Lipinski definition) is 0. The Hall–Kier alpha value is -0.790. The Morgan fingerprint density at radius 3 is 0.906 bits per heavy atom. The highest BCUT2D eigenvalue weighted by atomic mass is 15.1. The quantitative estimate of drug-likeness (QED) is 0.0465. The Kier molecular flexibility index (Phi) is 40.1. The lowest BCUT2D eigenvalue weighted by molar-refractivity contribution is -0.704. The van der Waals surface area contributed by atoms with Gasteiger partial charge in [0.05, 0.1) is 13.1 Å². The Bertz CT molecular complexity index is 811. The molecular formula is C51H101N2+. The second-order valence-corrected chi connectivity index (χ2v) is 17.6. The van der Waals surface area contributed by atoms with Gasteiger partial charge in [0.1, 0.15) is 12.4 Å². The van der Waals surface area contributed by atoms with Crippen molar-refractivity contribution >= 4 is 0 Å². The van der Waals surface area contributed by atoms with Crippen LogP contribution in [0.2, 0.25) is 0 Å². The second-order valence-electron chi connectivity index (χ2n) is 17.6. The minimum absolute atomic E-state index is 1.23. The van der Waals surface area contributed by atoms with Crippen LogP contribution in [0.25, 0.3) is 0 Å². The van der Waals surface area contributed by atoms with Crippen molar-refractivity contribution in [2.24, 2.45) is 0 Å². The molecule has 1 aromatic rings. The molecular weight excluding hydrogens is 641 g/mol. The van der Waals surface area contributed by atoms with E-state index in [4.69, 9.17) is 0 Å². The van der Waals surface area contributed by atoms with Crippen LogP contribution < -0.4 is 4.57 Å². The molecule has 2 nitrogen and oxygen atoms in total. The standard InChI is InChI=1S/C51H101N2/c1-4-7-10-13-16-19-22-24-26-28-30-33-36-39-42-45-48-53-50-49-52(47-44-41-38-35-32-21-18-15-12-9-6-3)51(53)46-43-40-37-34-31-29-27-25-23-20-17-14-11-8-5-2/h49-50H,4-48H2,1-3H3/q+1. The summed E-state index contributed by atoms with van der Waals surface area (Å²) in [5.74, 6) is 1.63. The van der Waals surface area contributed by atoms with E-state index in [1.807, 2.05) is 0 Å². The van der Waals surface area contributed by atoms with E-state index in [1.54, 1.807) is 5.82 Å². The number of aryl methyl sites for hydroxylation is 2. The Morgan fingerprint density at radius 1 is 0.321 bits per heavy atom. The van der Waals surface area contributed by atoms with Crippen molar-refractivity contribution < 1.29 is 4.57 Å². The minimum atomic E-state index is 1.23. The first-order valence-corrected chi connectivity index (χ1v) is 25.4. The van der Waals surface area contributed by atoms with E-state index < -0.39 is 0 Å². The van der Waals surface area contributed by atoms with Crippen LogP contribution in [0.15, 0.2) is 12.4 Å². The first-order valence-electron chi connectivity index (χ1n) is 25.4. The minimum Gasteiger partial charge on any atom is -0.234 e.